The van der Waals surface area contributed by atoms with Crippen LogP contribution in [0.25, 0.3) is 0 Å². The lowest BCUT2D eigenvalue weighted by Gasteiger charge is -2.20. The molecule has 1 saturated heterocycles. The number of amides is 2. The van der Waals surface area contributed by atoms with E-state index in [0.717, 1.165) is 17.0 Å². The zero-order chi connectivity index (χ0) is 25.3. The van der Waals surface area contributed by atoms with Crippen LogP contribution in [0.4, 0.5) is 14.5 Å². The molecule has 1 fully saturated rings. The minimum absolute atomic E-state index is 0.0372. The number of aromatic nitrogens is 2. The third-order valence-electron chi connectivity index (χ3n) is 5.88. The van der Waals surface area contributed by atoms with Crippen LogP contribution in [-0.2, 0) is 11.3 Å². The van der Waals surface area contributed by atoms with Crippen LogP contribution >= 0.6 is 11.6 Å². The van der Waals surface area contributed by atoms with Crippen LogP contribution in [0.3, 0.4) is 0 Å². The number of nitrogens with one attached hydrogen (secondary N) is 1. The summed E-state index contributed by atoms with van der Waals surface area (Å²) in [5.41, 5.74) is -0.746. The Morgan fingerprint density at radius 2 is 1.86 bits per heavy atom. The maximum atomic E-state index is 15.0. The number of hydrogen-bond acceptors (Lipinski definition) is 5. The topological polar surface area (TPSA) is 93.5 Å². The van der Waals surface area contributed by atoms with Crippen LogP contribution in [0.2, 0.25) is 5.02 Å². The Kier molecular flexibility index (Phi) is 6.83. The molecule has 0 saturated carbocycles. The molecule has 2 aromatic carbocycles. The van der Waals surface area contributed by atoms with Crippen LogP contribution in [0.15, 0.2) is 53.7 Å². The second-order valence-electron chi connectivity index (χ2n) is 7.89. The minimum Gasteiger partial charge on any atom is -0.497 e. The first-order valence-corrected chi connectivity index (χ1v) is 11.1. The smallest absolute Gasteiger partial charge is 0.277 e. The average molecular weight is 503 g/mol. The summed E-state index contributed by atoms with van der Waals surface area (Å²) in [5.74, 6) is -4.39. The summed E-state index contributed by atoms with van der Waals surface area (Å²) >= 11 is 5.88. The predicted molar refractivity (Wildman–Crippen MR) is 125 cm³/mol. The Morgan fingerprint density at radius 1 is 1.20 bits per heavy atom. The molecule has 8 nitrogen and oxygen atoms in total. The van der Waals surface area contributed by atoms with Gasteiger partial charge in [0.1, 0.15) is 29.1 Å². The molecule has 4 rings (SSSR count). The Hall–Kier alpha value is -3.79. The third-order valence-corrected chi connectivity index (χ3v) is 6.13. The molecule has 2 atom stereocenters. The molecule has 3 aromatic rings. The summed E-state index contributed by atoms with van der Waals surface area (Å²) in [6, 6.07) is 6.56. The lowest BCUT2D eigenvalue weighted by atomic mass is 9.92. The summed E-state index contributed by atoms with van der Waals surface area (Å²) in [6.07, 6.45) is 2.54. The summed E-state index contributed by atoms with van der Waals surface area (Å²) in [6.45, 7) is 1.79. The number of benzene rings is 2. The van der Waals surface area contributed by atoms with E-state index < -0.39 is 46.5 Å². The minimum atomic E-state index is -1.36. The van der Waals surface area contributed by atoms with Crippen LogP contribution in [-0.4, -0.2) is 41.1 Å². The van der Waals surface area contributed by atoms with E-state index in [1.807, 2.05) is 0 Å². The van der Waals surface area contributed by atoms with Gasteiger partial charge in [-0.2, -0.15) is 0 Å². The fourth-order valence-corrected chi connectivity index (χ4v) is 4.20. The van der Waals surface area contributed by atoms with Gasteiger partial charge in [-0.05, 0) is 31.2 Å². The first-order chi connectivity index (χ1) is 16.7. The fraction of sp³-hybridized carbons (Fsp3) is 0.250. The largest absolute Gasteiger partial charge is 0.497 e. The van der Waals surface area contributed by atoms with Crippen molar-refractivity contribution in [2.75, 3.05) is 18.6 Å². The van der Waals surface area contributed by atoms with Crippen molar-refractivity contribution in [3.63, 3.8) is 0 Å². The average Bonchev–Trinajstić information content (AvgIpc) is 3.14. The van der Waals surface area contributed by atoms with E-state index in [0.29, 0.717) is 11.6 Å². The van der Waals surface area contributed by atoms with E-state index in [1.54, 1.807) is 6.92 Å². The van der Waals surface area contributed by atoms with Gasteiger partial charge in [0.25, 0.3) is 11.5 Å². The molecule has 1 aromatic heterocycles. The van der Waals surface area contributed by atoms with Crippen molar-refractivity contribution in [3.8, 4) is 5.75 Å². The highest BCUT2D eigenvalue weighted by molar-refractivity contribution is 6.30. The number of ether oxygens (including phenoxy) is 1. The molecule has 1 aliphatic rings. The van der Waals surface area contributed by atoms with Gasteiger partial charge in [-0.15, -0.1) is 0 Å². The van der Waals surface area contributed by atoms with Gasteiger partial charge in [-0.25, -0.2) is 13.8 Å². The maximum Gasteiger partial charge on any atom is 0.277 e. The first kappa shape index (κ1) is 24.3. The highest BCUT2D eigenvalue weighted by Gasteiger charge is 2.46. The second-order valence-corrected chi connectivity index (χ2v) is 8.32. The van der Waals surface area contributed by atoms with Crippen molar-refractivity contribution >= 4 is 29.1 Å². The quantitative estimate of drug-likeness (QED) is 0.559. The van der Waals surface area contributed by atoms with Gasteiger partial charge in [0.05, 0.1) is 19.6 Å². The number of carbonyl (C=O) groups excluding carboxylic acids is 2. The van der Waals surface area contributed by atoms with E-state index in [2.05, 4.69) is 10.3 Å². The van der Waals surface area contributed by atoms with Gasteiger partial charge >= 0.3 is 0 Å². The zero-order valence-corrected chi connectivity index (χ0v) is 19.6. The molecule has 0 bridgehead atoms. The van der Waals surface area contributed by atoms with Crippen molar-refractivity contribution < 1.29 is 23.1 Å². The highest BCUT2D eigenvalue weighted by atomic mass is 35.5. The van der Waals surface area contributed by atoms with Gasteiger partial charge in [-0.3, -0.25) is 19.0 Å². The standard InChI is InChI=1S/C24H21ClF2N4O4/c1-3-30-12-28-10-19(23(30)33)31-11-16(20-17(26)8-15(35-2)9-18(20)27)21(24(31)34)29-22(32)13-4-6-14(25)7-5-13/h4-10,12,16,21H,3,11H2,1-2H3,(H,29,32)/t16-,21?/m0/s1. The predicted octanol–water partition coefficient (Wildman–Crippen LogP) is 3.13. The van der Waals surface area contributed by atoms with Gasteiger partial charge in [0, 0.05) is 47.3 Å². The van der Waals surface area contributed by atoms with Crippen LogP contribution in [0, 0.1) is 11.6 Å². The Bertz CT molecular complexity index is 1320. The first-order valence-electron chi connectivity index (χ1n) is 10.7. The number of carbonyl (C=O) groups is 2. The molecule has 2 amide bonds. The lowest BCUT2D eigenvalue weighted by molar-refractivity contribution is -0.118. The Morgan fingerprint density at radius 3 is 2.46 bits per heavy atom. The van der Waals surface area contributed by atoms with E-state index in [1.165, 1.54) is 48.5 Å². The molecule has 0 spiro atoms. The number of anilines is 1. The number of hydrogen-bond donors (Lipinski definition) is 1. The Balaban J connectivity index is 1.77. The number of methoxy groups -OCH3 is 1. The summed E-state index contributed by atoms with van der Waals surface area (Å²) < 4.78 is 36.3. The molecule has 11 heteroatoms. The van der Waals surface area contributed by atoms with Crippen molar-refractivity contribution in [2.45, 2.75) is 25.4 Å². The molecule has 0 radical (unpaired) electrons. The van der Waals surface area contributed by atoms with Crippen molar-refractivity contribution in [1.82, 2.24) is 14.9 Å². The van der Waals surface area contributed by atoms with Gasteiger partial charge in [-0.1, -0.05) is 11.6 Å². The summed E-state index contributed by atoms with van der Waals surface area (Å²) in [4.78, 5) is 44.3. The van der Waals surface area contributed by atoms with Crippen LogP contribution in [0.1, 0.15) is 28.8 Å². The number of nitrogens with zero attached hydrogens (tertiary/aromatic N) is 3. The summed E-state index contributed by atoms with van der Waals surface area (Å²) in [5, 5.41) is 2.99. The Labute approximate surface area is 204 Å². The molecule has 1 unspecified atom stereocenters. The van der Waals surface area contributed by atoms with Crippen molar-refractivity contribution in [3.05, 3.63) is 87.1 Å². The van der Waals surface area contributed by atoms with E-state index in [9.17, 15) is 14.4 Å². The second kappa shape index (κ2) is 9.83. The molecule has 0 aliphatic carbocycles. The molecule has 1 aliphatic heterocycles. The number of halogens is 3. The lowest BCUT2D eigenvalue weighted by Crippen LogP contribution is -2.44. The highest BCUT2D eigenvalue weighted by Crippen LogP contribution is 2.35. The molecule has 1 N–H and O–H groups in total. The van der Waals surface area contributed by atoms with E-state index in [4.69, 9.17) is 16.3 Å². The van der Waals surface area contributed by atoms with Crippen LogP contribution in [0.5, 0.6) is 5.75 Å². The molecule has 182 valence electrons. The van der Waals surface area contributed by atoms with Crippen molar-refractivity contribution in [1.29, 1.82) is 0 Å². The van der Waals surface area contributed by atoms with Gasteiger partial charge in [0.2, 0.25) is 5.91 Å². The van der Waals surface area contributed by atoms with E-state index >= 15 is 8.78 Å². The normalized spacial score (nSPS) is 17.5. The van der Waals surface area contributed by atoms with E-state index in [-0.39, 0.29) is 23.5 Å². The molecular formula is C24H21ClF2N4O4. The van der Waals surface area contributed by atoms with Crippen molar-refractivity contribution in [2.24, 2.45) is 0 Å². The fourth-order valence-electron chi connectivity index (χ4n) is 4.08. The third kappa shape index (κ3) is 4.61. The zero-order valence-electron chi connectivity index (χ0n) is 18.8. The number of rotatable bonds is 6. The van der Waals surface area contributed by atoms with Gasteiger partial charge < -0.3 is 15.0 Å². The summed E-state index contributed by atoms with van der Waals surface area (Å²) in [7, 11) is 1.27. The number of aryl methyl sites for hydroxylation is 1. The van der Waals surface area contributed by atoms with Gasteiger partial charge in [0.15, 0.2) is 0 Å². The molecule has 2 heterocycles. The SMILES string of the molecule is CCn1cncc(N2C[C@@H](c3c(F)cc(OC)cc3F)C(NC(=O)c3ccc(Cl)cc3)C2=O)c1=O. The maximum absolute atomic E-state index is 15.0. The monoisotopic (exact) mass is 502 g/mol. The van der Waals surface area contributed by atoms with Crippen LogP contribution < -0.4 is 20.5 Å². The molecule has 35 heavy (non-hydrogen) atoms. The molecular weight excluding hydrogens is 482 g/mol.